The lowest BCUT2D eigenvalue weighted by molar-refractivity contribution is 0.218. The topological polar surface area (TPSA) is 14.7 Å². The second-order valence-electron chi connectivity index (χ2n) is 8.57. The number of hydrogen-bond acceptors (Lipinski definition) is 3. The molecule has 0 unspecified atom stereocenters. The van der Waals surface area contributed by atoms with Gasteiger partial charge in [-0.05, 0) is 63.9 Å². The van der Waals surface area contributed by atoms with Gasteiger partial charge in [-0.2, -0.15) is 0 Å². The monoisotopic (exact) mass is 367 g/mol. The Morgan fingerprint density at radius 1 is 0.926 bits per heavy atom. The quantitative estimate of drug-likeness (QED) is 0.815. The maximum absolute atomic E-state index is 3.31. The number of fused-ring (bicyclic) bond motifs is 1. The van der Waals surface area contributed by atoms with Gasteiger partial charge in [0.2, 0.25) is 0 Å². The number of hydrogen-bond donors (Lipinski definition) is 0. The third-order valence-corrected chi connectivity index (χ3v) is 6.35. The van der Waals surface area contributed by atoms with Crippen LogP contribution < -0.4 is 5.01 Å². The van der Waals surface area contributed by atoms with Crippen LogP contribution in [0.3, 0.4) is 0 Å². The second kappa shape index (κ2) is 8.66. The lowest BCUT2D eigenvalue weighted by Crippen LogP contribution is -2.35. The summed E-state index contributed by atoms with van der Waals surface area (Å²) in [5, 5.41) is 3.96. The number of nitrogens with zero attached hydrogens (tertiary/aromatic N) is 4. The van der Waals surface area contributed by atoms with Crippen molar-refractivity contribution in [1.82, 2.24) is 14.5 Å². The maximum atomic E-state index is 3.31. The Labute approximate surface area is 164 Å². The van der Waals surface area contributed by atoms with Crippen molar-refractivity contribution in [3.8, 4) is 0 Å². The average Bonchev–Trinajstić information content (AvgIpc) is 2.89. The second-order valence-corrected chi connectivity index (χ2v) is 8.57. The molecule has 4 heteroatoms. The molecule has 0 spiro atoms. The molecule has 0 atom stereocenters. The summed E-state index contributed by atoms with van der Waals surface area (Å²) in [7, 11) is 0. The van der Waals surface area contributed by atoms with Crippen LogP contribution in [0, 0.1) is 6.07 Å². The van der Waals surface area contributed by atoms with E-state index in [0.717, 1.165) is 6.54 Å². The Morgan fingerprint density at radius 2 is 1.74 bits per heavy atom. The first-order valence-corrected chi connectivity index (χ1v) is 10.9. The minimum atomic E-state index is 0.658. The molecule has 2 aromatic rings. The minimum absolute atomic E-state index is 0.658. The van der Waals surface area contributed by atoms with E-state index in [-0.39, 0.29) is 0 Å². The van der Waals surface area contributed by atoms with Crippen molar-refractivity contribution in [2.75, 3.05) is 44.3 Å². The van der Waals surface area contributed by atoms with E-state index in [4.69, 9.17) is 0 Å². The largest absolute Gasteiger partial charge is 0.313 e. The molecule has 0 saturated carbocycles. The predicted molar refractivity (Wildman–Crippen MR) is 114 cm³/mol. The first-order chi connectivity index (χ1) is 13.2. The lowest BCUT2D eigenvalue weighted by atomic mass is 10.1. The zero-order chi connectivity index (χ0) is 18.6. The molecule has 1 aromatic heterocycles. The van der Waals surface area contributed by atoms with Crippen molar-refractivity contribution >= 4 is 10.9 Å². The Hall–Kier alpha value is -1.52. The van der Waals surface area contributed by atoms with E-state index in [1.165, 1.54) is 87.8 Å². The summed E-state index contributed by atoms with van der Waals surface area (Å²) < 4.78 is 2.44. The fourth-order valence-electron chi connectivity index (χ4n) is 4.71. The molecule has 2 saturated heterocycles. The van der Waals surface area contributed by atoms with Crippen LogP contribution in [0.25, 0.3) is 10.9 Å². The van der Waals surface area contributed by atoms with Crippen LogP contribution in [0.4, 0.5) is 0 Å². The van der Waals surface area contributed by atoms with E-state index in [0.29, 0.717) is 6.04 Å². The van der Waals surface area contributed by atoms with Gasteiger partial charge in [-0.1, -0.05) is 25.0 Å². The molecule has 0 aliphatic carbocycles. The van der Waals surface area contributed by atoms with Crippen LogP contribution in [0.2, 0.25) is 0 Å². The van der Waals surface area contributed by atoms with E-state index in [9.17, 15) is 0 Å². The summed E-state index contributed by atoms with van der Waals surface area (Å²) >= 11 is 0. The van der Waals surface area contributed by atoms with Gasteiger partial charge in [0.25, 0.3) is 0 Å². The smallest absolute Gasteiger partial charge is 0.0704 e. The number of aromatic nitrogens is 1. The van der Waals surface area contributed by atoms with E-state index < -0.39 is 0 Å². The molecule has 147 valence electrons. The third kappa shape index (κ3) is 4.33. The Morgan fingerprint density at radius 3 is 2.52 bits per heavy atom. The van der Waals surface area contributed by atoms with Crippen molar-refractivity contribution in [2.45, 2.75) is 58.5 Å². The van der Waals surface area contributed by atoms with Crippen LogP contribution in [-0.4, -0.2) is 59.8 Å². The molecule has 1 radical (unpaired) electrons. The molecule has 0 N–H and O–H groups in total. The van der Waals surface area contributed by atoms with Crippen molar-refractivity contribution in [1.29, 1.82) is 0 Å². The maximum Gasteiger partial charge on any atom is 0.0704 e. The van der Waals surface area contributed by atoms with E-state index in [2.05, 4.69) is 63.8 Å². The van der Waals surface area contributed by atoms with Gasteiger partial charge in [-0.3, -0.25) is 14.5 Å². The minimum Gasteiger partial charge on any atom is -0.313 e. The third-order valence-electron chi connectivity index (χ3n) is 6.35. The van der Waals surface area contributed by atoms with Gasteiger partial charge in [0.15, 0.2) is 0 Å². The summed E-state index contributed by atoms with van der Waals surface area (Å²) in [6, 6.07) is 10.5. The first kappa shape index (κ1) is 18.8. The van der Waals surface area contributed by atoms with E-state index in [1.54, 1.807) is 0 Å². The Balaban J connectivity index is 1.55. The van der Waals surface area contributed by atoms with Crippen LogP contribution in [0.1, 0.15) is 51.5 Å². The summed E-state index contributed by atoms with van der Waals surface area (Å²) in [5.41, 5.74) is 2.80. The molecular weight excluding hydrogens is 332 g/mol. The highest BCUT2D eigenvalue weighted by molar-refractivity contribution is 5.84. The van der Waals surface area contributed by atoms with Gasteiger partial charge in [-0.25, -0.2) is 0 Å². The van der Waals surface area contributed by atoms with Gasteiger partial charge in [-0.15, -0.1) is 0 Å². The zero-order valence-electron chi connectivity index (χ0n) is 17.2. The fourth-order valence-corrected chi connectivity index (χ4v) is 4.71. The van der Waals surface area contributed by atoms with Crippen molar-refractivity contribution in [3.05, 3.63) is 36.0 Å². The molecule has 0 amide bonds. The van der Waals surface area contributed by atoms with Crippen LogP contribution >= 0.6 is 0 Å². The normalized spacial score (nSPS) is 20.9. The van der Waals surface area contributed by atoms with Gasteiger partial charge in [0.1, 0.15) is 0 Å². The molecular formula is C23H35N4. The van der Waals surface area contributed by atoms with Crippen molar-refractivity contribution < 1.29 is 0 Å². The lowest BCUT2D eigenvalue weighted by Gasteiger charge is -2.25. The Kier molecular flexibility index (Phi) is 6.04. The van der Waals surface area contributed by atoms with Gasteiger partial charge >= 0.3 is 0 Å². The molecule has 1 aromatic carbocycles. The molecule has 4 rings (SSSR count). The van der Waals surface area contributed by atoms with Crippen molar-refractivity contribution in [3.63, 3.8) is 0 Å². The first-order valence-electron chi connectivity index (χ1n) is 10.9. The standard InChI is InChI=1S/C23H35N4/c1-20(2)25-13-9-12-24(16-17-25)18-21-19-27(23-11-6-5-10-22(21)23)26-14-7-3-4-8-15-26/h5,10-11,19-20H,3-4,7-9,12-18H2,1-2H3. The van der Waals surface area contributed by atoms with Crippen LogP contribution in [0.15, 0.2) is 24.4 Å². The van der Waals surface area contributed by atoms with Crippen LogP contribution in [-0.2, 0) is 6.54 Å². The highest BCUT2D eigenvalue weighted by Crippen LogP contribution is 2.24. The predicted octanol–water partition coefficient (Wildman–Crippen LogP) is 3.87. The molecule has 3 heterocycles. The van der Waals surface area contributed by atoms with Crippen molar-refractivity contribution in [2.24, 2.45) is 0 Å². The molecule has 2 fully saturated rings. The summed E-state index contributed by atoms with van der Waals surface area (Å²) in [5.74, 6) is 0. The molecule has 0 bridgehead atoms. The average molecular weight is 368 g/mol. The number of benzene rings is 1. The zero-order valence-corrected chi connectivity index (χ0v) is 17.2. The highest BCUT2D eigenvalue weighted by Gasteiger charge is 2.20. The fraction of sp³-hybridized carbons (Fsp3) is 0.652. The van der Waals surface area contributed by atoms with E-state index in [1.807, 2.05) is 0 Å². The summed E-state index contributed by atoms with van der Waals surface area (Å²) in [4.78, 5) is 5.27. The van der Waals surface area contributed by atoms with Gasteiger partial charge < -0.3 is 5.01 Å². The SMILES string of the molecule is CC(C)N1CCCN(Cc2cn(N3CCCCCC3)c3c[c]ccc23)CC1. The summed E-state index contributed by atoms with van der Waals surface area (Å²) in [6.45, 7) is 12.9. The van der Waals surface area contributed by atoms with Gasteiger partial charge in [0, 0.05) is 50.3 Å². The van der Waals surface area contributed by atoms with Gasteiger partial charge in [0.05, 0.1) is 5.52 Å². The molecule has 27 heavy (non-hydrogen) atoms. The summed E-state index contributed by atoms with van der Waals surface area (Å²) in [6.07, 6.45) is 9.04. The van der Waals surface area contributed by atoms with E-state index >= 15 is 0 Å². The number of rotatable bonds is 4. The highest BCUT2D eigenvalue weighted by atomic mass is 15.5. The molecule has 4 nitrogen and oxygen atoms in total. The van der Waals surface area contributed by atoms with Crippen LogP contribution in [0.5, 0.6) is 0 Å². The molecule has 2 aliphatic heterocycles. The molecule has 2 aliphatic rings. The Bertz CT molecular complexity index is 727.